The summed E-state index contributed by atoms with van der Waals surface area (Å²) in [4.78, 5) is 13.1. The molecule has 1 heterocycles. The summed E-state index contributed by atoms with van der Waals surface area (Å²) in [5, 5.41) is 2.35. The number of alkyl halides is 3. The van der Waals surface area contributed by atoms with Crippen LogP contribution in [0.15, 0.2) is 18.2 Å². The number of amides is 1. The van der Waals surface area contributed by atoms with Crippen molar-refractivity contribution in [2.75, 3.05) is 30.4 Å². The number of hydrogen-bond donors (Lipinski definition) is 1. The van der Waals surface area contributed by atoms with Crippen molar-refractivity contribution in [3.8, 4) is 11.8 Å². The number of halogens is 3. The summed E-state index contributed by atoms with van der Waals surface area (Å²) in [6.07, 6.45) is -3.07. The third-order valence-corrected chi connectivity index (χ3v) is 3.91. The normalized spacial score (nSPS) is 15.6. The number of carbonyl (C=O) groups excluding carboxylic acids is 1. The van der Waals surface area contributed by atoms with Gasteiger partial charge in [0.15, 0.2) is 0 Å². The van der Waals surface area contributed by atoms with Gasteiger partial charge < -0.3 is 15.0 Å². The standard InChI is InChI=1S/C17H19F3N2O2/c1-3-4-16(23)21-12-5-6-15(14(11-12)17(18,19)20)22-9-7-13(24-2)8-10-22/h5-6,11,13H,7-10H2,1-2H3,(H,21,23). The highest BCUT2D eigenvalue weighted by Crippen LogP contribution is 2.39. The molecule has 1 aromatic carbocycles. The first-order valence-corrected chi connectivity index (χ1v) is 7.58. The van der Waals surface area contributed by atoms with E-state index in [1.54, 1.807) is 12.0 Å². The molecule has 0 saturated carbocycles. The van der Waals surface area contributed by atoms with Crippen LogP contribution in [0.3, 0.4) is 0 Å². The lowest BCUT2D eigenvalue weighted by molar-refractivity contribution is -0.137. The molecule has 0 radical (unpaired) electrons. The highest BCUT2D eigenvalue weighted by Gasteiger charge is 2.36. The van der Waals surface area contributed by atoms with Gasteiger partial charge in [0.2, 0.25) is 0 Å². The third-order valence-electron chi connectivity index (χ3n) is 3.91. The monoisotopic (exact) mass is 340 g/mol. The first-order valence-electron chi connectivity index (χ1n) is 7.58. The van der Waals surface area contributed by atoms with Gasteiger partial charge in [0, 0.05) is 31.6 Å². The molecule has 0 aliphatic carbocycles. The minimum absolute atomic E-state index is 0.0746. The van der Waals surface area contributed by atoms with Crippen molar-refractivity contribution in [2.24, 2.45) is 0 Å². The van der Waals surface area contributed by atoms with Crippen molar-refractivity contribution in [3.63, 3.8) is 0 Å². The van der Waals surface area contributed by atoms with Crippen LogP contribution < -0.4 is 10.2 Å². The van der Waals surface area contributed by atoms with Gasteiger partial charge in [0.1, 0.15) is 0 Å². The van der Waals surface area contributed by atoms with Crippen LogP contribution >= 0.6 is 0 Å². The van der Waals surface area contributed by atoms with Gasteiger partial charge in [-0.05, 0) is 43.9 Å². The second-order valence-electron chi connectivity index (χ2n) is 5.48. The first-order chi connectivity index (χ1) is 11.3. The zero-order valence-electron chi connectivity index (χ0n) is 13.5. The van der Waals surface area contributed by atoms with E-state index in [1.165, 1.54) is 19.1 Å². The van der Waals surface area contributed by atoms with Crippen molar-refractivity contribution in [1.29, 1.82) is 0 Å². The molecule has 1 saturated heterocycles. The van der Waals surface area contributed by atoms with Gasteiger partial charge in [-0.3, -0.25) is 4.79 Å². The number of ether oxygens (including phenoxy) is 1. The zero-order valence-corrected chi connectivity index (χ0v) is 13.5. The largest absolute Gasteiger partial charge is 0.418 e. The number of anilines is 2. The van der Waals surface area contributed by atoms with Gasteiger partial charge in [-0.15, -0.1) is 0 Å². The molecule has 0 aromatic heterocycles. The van der Waals surface area contributed by atoms with Crippen LogP contribution in [0.1, 0.15) is 25.3 Å². The molecule has 1 fully saturated rings. The van der Waals surface area contributed by atoms with Crippen molar-refractivity contribution in [1.82, 2.24) is 0 Å². The lowest BCUT2D eigenvalue weighted by atomic mass is 10.0. The average Bonchev–Trinajstić information content (AvgIpc) is 2.54. The van der Waals surface area contributed by atoms with E-state index < -0.39 is 17.6 Å². The van der Waals surface area contributed by atoms with E-state index in [0.29, 0.717) is 25.9 Å². The summed E-state index contributed by atoms with van der Waals surface area (Å²) >= 11 is 0. The van der Waals surface area contributed by atoms with Crippen LogP contribution in [0.25, 0.3) is 0 Å². The fraction of sp³-hybridized carbons (Fsp3) is 0.471. The van der Waals surface area contributed by atoms with Crippen LogP contribution in [0.4, 0.5) is 24.5 Å². The summed E-state index contributed by atoms with van der Waals surface area (Å²) < 4.78 is 45.5. The van der Waals surface area contributed by atoms with E-state index >= 15 is 0 Å². The fourth-order valence-electron chi connectivity index (χ4n) is 2.72. The van der Waals surface area contributed by atoms with Crippen LogP contribution in [0.2, 0.25) is 0 Å². The zero-order chi connectivity index (χ0) is 17.7. The molecule has 0 unspecified atom stereocenters. The van der Waals surface area contributed by atoms with Gasteiger partial charge in [-0.25, -0.2) is 0 Å². The maximum absolute atomic E-state index is 13.4. The Hall–Kier alpha value is -2.20. The van der Waals surface area contributed by atoms with E-state index in [0.717, 1.165) is 6.07 Å². The molecule has 7 heteroatoms. The molecule has 0 spiro atoms. The predicted molar refractivity (Wildman–Crippen MR) is 85.8 cm³/mol. The molecule has 4 nitrogen and oxygen atoms in total. The van der Waals surface area contributed by atoms with Crippen molar-refractivity contribution in [3.05, 3.63) is 23.8 Å². The molecule has 1 N–H and O–H groups in total. The first kappa shape index (κ1) is 18.1. The topological polar surface area (TPSA) is 41.6 Å². The van der Waals surface area contributed by atoms with E-state index in [1.807, 2.05) is 0 Å². The van der Waals surface area contributed by atoms with Crippen LogP contribution in [-0.2, 0) is 15.7 Å². The van der Waals surface area contributed by atoms with Gasteiger partial charge in [-0.2, -0.15) is 13.2 Å². The van der Waals surface area contributed by atoms with Gasteiger partial charge in [-0.1, -0.05) is 5.92 Å². The Balaban J connectivity index is 2.27. The molecule has 1 aliphatic heterocycles. The molecular formula is C17H19F3N2O2. The van der Waals surface area contributed by atoms with Crippen molar-refractivity contribution >= 4 is 17.3 Å². The molecule has 1 aromatic rings. The van der Waals surface area contributed by atoms with Crippen molar-refractivity contribution < 1.29 is 22.7 Å². The Morgan fingerprint density at radius 3 is 2.54 bits per heavy atom. The van der Waals surface area contributed by atoms with Crippen molar-refractivity contribution in [2.45, 2.75) is 32.0 Å². The number of nitrogens with one attached hydrogen (secondary N) is 1. The highest BCUT2D eigenvalue weighted by molar-refractivity contribution is 6.04. The minimum Gasteiger partial charge on any atom is -0.381 e. The average molecular weight is 340 g/mol. The maximum atomic E-state index is 13.4. The van der Waals surface area contributed by atoms with Gasteiger partial charge in [0.25, 0.3) is 5.91 Å². The van der Waals surface area contributed by atoms with E-state index in [2.05, 4.69) is 17.2 Å². The number of rotatable bonds is 3. The van der Waals surface area contributed by atoms with E-state index in [-0.39, 0.29) is 17.5 Å². The van der Waals surface area contributed by atoms with Crippen LogP contribution in [0.5, 0.6) is 0 Å². The Bertz CT molecular complexity index is 654. The molecule has 130 valence electrons. The molecule has 1 amide bonds. The van der Waals surface area contributed by atoms with Gasteiger partial charge >= 0.3 is 6.18 Å². The summed E-state index contributed by atoms with van der Waals surface area (Å²) in [5.41, 5.74) is -0.567. The number of piperidine rings is 1. The summed E-state index contributed by atoms with van der Waals surface area (Å²) in [5.74, 6) is 4.00. The van der Waals surface area contributed by atoms with Gasteiger partial charge in [0.05, 0.1) is 11.7 Å². The lowest BCUT2D eigenvalue weighted by Crippen LogP contribution is -2.37. The Morgan fingerprint density at radius 1 is 1.33 bits per heavy atom. The quantitative estimate of drug-likeness (QED) is 0.859. The summed E-state index contributed by atoms with van der Waals surface area (Å²) in [6.45, 7) is 2.47. The number of nitrogens with zero attached hydrogens (tertiary/aromatic N) is 1. The fourth-order valence-corrected chi connectivity index (χ4v) is 2.72. The third kappa shape index (κ3) is 4.42. The lowest BCUT2D eigenvalue weighted by Gasteiger charge is -2.34. The maximum Gasteiger partial charge on any atom is 0.418 e. The minimum atomic E-state index is -4.51. The summed E-state index contributed by atoms with van der Waals surface area (Å²) in [7, 11) is 1.61. The molecule has 2 rings (SSSR count). The molecule has 24 heavy (non-hydrogen) atoms. The highest BCUT2D eigenvalue weighted by atomic mass is 19.4. The Morgan fingerprint density at radius 2 is 2.00 bits per heavy atom. The summed E-state index contributed by atoms with van der Waals surface area (Å²) in [6, 6.07) is 3.81. The van der Waals surface area contributed by atoms with E-state index in [9.17, 15) is 18.0 Å². The molecule has 1 aliphatic rings. The Kier molecular flexibility index (Phi) is 5.73. The Labute approximate surface area is 139 Å². The molecule has 0 bridgehead atoms. The number of carbonyl (C=O) groups is 1. The molecular weight excluding hydrogens is 321 g/mol. The smallest absolute Gasteiger partial charge is 0.381 e. The number of benzene rings is 1. The second-order valence-corrected chi connectivity index (χ2v) is 5.48. The predicted octanol–water partition coefficient (Wildman–Crippen LogP) is 3.28. The van der Waals surface area contributed by atoms with E-state index in [4.69, 9.17) is 4.74 Å². The SMILES string of the molecule is CC#CC(=O)Nc1ccc(N2CCC(OC)CC2)c(C(F)(F)F)c1. The number of hydrogen-bond acceptors (Lipinski definition) is 3. The molecule has 0 atom stereocenters. The van der Waals surface area contributed by atoms with Crippen LogP contribution in [0, 0.1) is 11.8 Å². The van der Waals surface area contributed by atoms with Crippen LogP contribution in [-0.4, -0.2) is 32.2 Å². The second kappa shape index (κ2) is 7.58. The number of methoxy groups -OCH3 is 1.